The Morgan fingerprint density at radius 2 is 1.89 bits per heavy atom. The van der Waals surface area contributed by atoms with E-state index in [1.807, 2.05) is 41.0 Å². The van der Waals surface area contributed by atoms with Crippen LogP contribution >= 0.6 is 62.8 Å². The summed E-state index contributed by atoms with van der Waals surface area (Å²) < 4.78 is 3.93. The summed E-state index contributed by atoms with van der Waals surface area (Å²) in [6.45, 7) is 0. The Hall–Kier alpha value is -1.45. The van der Waals surface area contributed by atoms with Crippen molar-refractivity contribution in [2.75, 3.05) is 0 Å². The predicted molar refractivity (Wildman–Crippen MR) is 119 cm³/mol. The molecule has 0 atom stereocenters. The van der Waals surface area contributed by atoms with Crippen LogP contribution in [0.25, 0.3) is 16.0 Å². The van der Waals surface area contributed by atoms with Crippen LogP contribution in [0.3, 0.4) is 0 Å². The SMILES string of the molecule is O=c1[nH]c(SCc2ccc(Br)cc2)nc2c1sc(=S)n2-c1ccc(Cl)cc1. The summed E-state index contributed by atoms with van der Waals surface area (Å²) in [4.78, 5) is 20.0. The molecule has 136 valence electrons. The van der Waals surface area contributed by atoms with Gasteiger partial charge in [-0.15, -0.1) is 0 Å². The lowest BCUT2D eigenvalue weighted by Gasteiger charge is -2.06. The molecule has 0 bridgehead atoms. The number of H-pyrrole nitrogens is 1. The summed E-state index contributed by atoms with van der Waals surface area (Å²) >= 11 is 17.6. The van der Waals surface area contributed by atoms with E-state index in [-0.39, 0.29) is 5.56 Å². The smallest absolute Gasteiger partial charge is 0.271 e. The zero-order chi connectivity index (χ0) is 19.0. The Kier molecular flexibility index (Phi) is 5.52. The molecule has 4 rings (SSSR count). The molecule has 0 aliphatic rings. The van der Waals surface area contributed by atoms with Crippen molar-refractivity contribution >= 4 is 73.2 Å². The third kappa shape index (κ3) is 4.05. The van der Waals surface area contributed by atoms with Crippen LogP contribution in [0, 0.1) is 3.95 Å². The van der Waals surface area contributed by atoms with E-state index in [0.29, 0.717) is 30.2 Å². The number of thiazole rings is 1. The van der Waals surface area contributed by atoms with Gasteiger partial charge in [0.05, 0.1) is 0 Å². The largest absolute Gasteiger partial charge is 0.300 e. The van der Waals surface area contributed by atoms with Gasteiger partial charge in [-0.1, -0.05) is 62.8 Å². The van der Waals surface area contributed by atoms with Gasteiger partial charge in [0.2, 0.25) is 0 Å². The zero-order valence-corrected chi connectivity index (χ0v) is 18.4. The Morgan fingerprint density at radius 3 is 2.59 bits per heavy atom. The minimum atomic E-state index is -0.179. The molecule has 0 aliphatic carbocycles. The van der Waals surface area contributed by atoms with Crippen molar-refractivity contribution in [3.63, 3.8) is 0 Å². The number of fused-ring (bicyclic) bond motifs is 1. The topological polar surface area (TPSA) is 50.7 Å². The van der Waals surface area contributed by atoms with Crippen LogP contribution in [0.5, 0.6) is 0 Å². The van der Waals surface area contributed by atoms with Gasteiger partial charge in [0, 0.05) is 20.9 Å². The molecule has 0 fully saturated rings. The summed E-state index contributed by atoms with van der Waals surface area (Å²) in [6, 6.07) is 15.4. The number of nitrogens with zero attached hydrogens (tertiary/aromatic N) is 2. The molecule has 0 saturated carbocycles. The quantitative estimate of drug-likeness (QED) is 0.207. The number of aromatic nitrogens is 3. The maximum absolute atomic E-state index is 12.5. The minimum absolute atomic E-state index is 0.179. The van der Waals surface area contributed by atoms with Crippen molar-refractivity contribution in [2.24, 2.45) is 0 Å². The molecule has 0 spiro atoms. The molecule has 0 aliphatic heterocycles. The number of benzene rings is 2. The van der Waals surface area contributed by atoms with Crippen molar-refractivity contribution in [1.82, 2.24) is 14.5 Å². The first-order chi connectivity index (χ1) is 13.0. The first-order valence-corrected chi connectivity index (χ1v) is 11.2. The van der Waals surface area contributed by atoms with Crippen LogP contribution < -0.4 is 5.56 Å². The minimum Gasteiger partial charge on any atom is -0.300 e. The van der Waals surface area contributed by atoms with Gasteiger partial charge in [0.25, 0.3) is 5.56 Å². The molecule has 0 saturated heterocycles. The second-order valence-electron chi connectivity index (χ2n) is 5.62. The fourth-order valence-corrected chi connectivity index (χ4v) is 4.99. The highest BCUT2D eigenvalue weighted by Gasteiger charge is 2.14. The van der Waals surface area contributed by atoms with Crippen LogP contribution in [0.4, 0.5) is 0 Å². The Balaban J connectivity index is 1.74. The Bertz CT molecular complexity index is 1230. The summed E-state index contributed by atoms with van der Waals surface area (Å²) in [7, 11) is 0. The summed E-state index contributed by atoms with van der Waals surface area (Å²) in [6.07, 6.45) is 0. The predicted octanol–water partition coefficient (Wildman–Crippen LogP) is 6.21. The monoisotopic (exact) mass is 495 g/mol. The zero-order valence-electron chi connectivity index (χ0n) is 13.6. The van der Waals surface area contributed by atoms with Gasteiger partial charge in [-0.2, -0.15) is 0 Å². The van der Waals surface area contributed by atoms with E-state index in [1.54, 1.807) is 12.1 Å². The maximum Gasteiger partial charge on any atom is 0.271 e. The number of rotatable bonds is 4. The van der Waals surface area contributed by atoms with Gasteiger partial charge < -0.3 is 4.98 Å². The summed E-state index contributed by atoms with van der Waals surface area (Å²) in [5, 5.41) is 1.20. The molecule has 0 amide bonds. The first-order valence-electron chi connectivity index (χ1n) is 7.80. The Morgan fingerprint density at radius 1 is 1.19 bits per heavy atom. The van der Waals surface area contributed by atoms with Crippen molar-refractivity contribution in [3.8, 4) is 5.69 Å². The summed E-state index contributed by atoms with van der Waals surface area (Å²) in [5.41, 5.74) is 2.36. The molecule has 4 nitrogen and oxygen atoms in total. The lowest BCUT2D eigenvalue weighted by molar-refractivity contribution is 0.943. The molecule has 1 N–H and O–H groups in total. The van der Waals surface area contributed by atoms with Crippen LogP contribution in [-0.2, 0) is 5.75 Å². The molecular formula is C18H11BrClN3OS3. The third-order valence-electron chi connectivity index (χ3n) is 3.79. The standard InChI is InChI=1S/C18H11BrClN3OS3/c19-11-3-1-10(2-4-11)9-26-17-21-15-14(16(24)22-17)27-18(25)23(15)13-7-5-12(20)6-8-13/h1-8H,9H2,(H,21,22,24). The van der Waals surface area contributed by atoms with Crippen molar-refractivity contribution in [2.45, 2.75) is 10.9 Å². The molecule has 2 aromatic carbocycles. The van der Waals surface area contributed by atoms with E-state index in [0.717, 1.165) is 15.7 Å². The number of aromatic amines is 1. The van der Waals surface area contributed by atoms with Gasteiger partial charge >= 0.3 is 0 Å². The van der Waals surface area contributed by atoms with Gasteiger partial charge in [-0.25, -0.2) is 4.98 Å². The molecule has 9 heteroatoms. The lowest BCUT2D eigenvalue weighted by Crippen LogP contribution is -2.09. The number of hydrogen-bond acceptors (Lipinski definition) is 5. The fourth-order valence-electron chi connectivity index (χ4n) is 2.51. The highest BCUT2D eigenvalue weighted by atomic mass is 79.9. The second-order valence-corrected chi connectivity index (χ2v) is 9.58. The molecule has 0 radical (unpaired) electrons. The highest BCUT2D eigenvalue weighted by molar-refractivity contribution is 9.10. The first kappa shape index (κ1) is 18.9. The molecular weight excluding hydrogens is 486 g/mol. The van der Waals surface area contributed by atoms with Crippen molar-refractivity contribution in [1.29, 1.82) is 0 Å². The van der Waals surface area contributed by atoms with Crippen LogP contribution in [0.15, 0.2) is 63.0 Å². The lowest BCUT2D eigenvalue weighted by atomic mass is 10.2. The van der Waals surface area contributed by atoms with Crippen LogP contribution in [0.1, 0.15) is 5.56 Å². The second kappa shape index (κ2) is 7.89. The van der Waals surface area contributed by atoms with E-state index in [9.17, 15) is 4.79 Å². The Labute approximate surface area is 181 Å². The van der Waals surface area contributed by atoms with E-state index < -0.39 is 0 Å². The molecule has 27 heavy (non-hydrogen) atoms. The van der Waals surface area contributed by atoms with Gasteiger partial charge in [-0.05, 0) is 54.2 Å². The number of hydrogen-bond donors (Lipinski definition) is 1. The van der Waals surface area contributed by atoms with E-state index >= 15 is 0 Å². The number of nitrogens with one attached hydrogen (secondary N) is 1. The van der Waals surface area contributed by atoms with Gasteiger partial charge in [0.15, 0.2) is 14.8 Å². The normalized spacial score (nSPS) is 11.2. The third-order valence-corrected chi connectivity index (χ3v) is 6.88. The van der Waals surface area contributed by atoms with E-state index in [2.05, 4.69) is 25.9 Å². The average Bonchev–Trinajstić information content (AvgIpc) is 2.99. The van der Waals surface area contributed by atoms with Gasteiger partial charge in [0.1, 0.15) is 4.70 Å². The molecule has 0 unspecified atom stereocenters. The summed E-state index contributed by atoms with van der Waals surface area (Å²) in [5.74, 6) is 0.702. The van der Waals surface area contributed by atoms with Crippen molar-refractivity contribution in [3.05, 3.63) is 77.9 Å². The van der Waals surface area contributed by atoms with Crippen LogP contribution in [-0.4, -0.2) is 14.5 Å². The fraction of sp³-hybridized carbons (Fsp3) is 0.0556. The molecule has 2 aromatic heterocycles. The highest BCUT2D eigenvalue weighted by Crippen LogP contribution is 2.26. The van der Waals surface area contributed by atoms with E-state index in [4.69, 9.17) is 23.8 Å². The average molecular weight is 497 g/mol. The number of thioether (sulfide) groups is 1. The molecule has 2 heterocycles. The van der Waals surface area contributed by atoms with Crippen LogP contribution in [0.2, 0.25) is 5.02 Å². The van der Waals surface area contributed by atoms with Crippen molar-refractivity contribution < 1.29 is 0 Å². The van der Waals surface area contributed by atoms with E-state index in [1.165, 1.54) is 23.1 Å². The van der Waals surface area contributed by atoms with Gasteiger partial charge in [-0.3, -0.25) is 9.36 Å². The maximum atomic E-state index is 12.5. The number of halogens is 2. The molecule has 4 aromatic rings.